The molecule has 0 amide bonds. The van der Waals surface area contributed by atoms with E-state index in [9.17, 15) is 14.9 Å². The SMILES string of the molecule is CCSc1nc2n(n1)[C@H](c1ccc([N+](=O)[O-])cc1)C1=C(C[C@@H](C)CC1=O)N2. The first-order chi connectivity index (χ1) is 13.0. The third-order valence-electron chi connectivity index (χ3n) is 4.80. The number of carbonyl (C=O) groups is 1. The van der Waals surface area contributed by atoms with Crippen molar-refractivity contribution in [2.45, 2.75) is 37.9 Å². The second-order valence-electron chi connectivity index (χ2n) is 6.80. The molecule has 2 aliphatic rings. The Bertz CT molecular complexity index is 950. The molecule has 8 nitrogen and oxygen atoms in total. The van der Waals surface area contributed by atoms with Gasteiger partial charge in [-0.1, -0.05) is 25.6 Å². The number of nitro benzene ring substituents is 1. The van der Waals surface area contributed by atoms with Crippen molar-refractivity contribution in [3.05, 3.63) is 51.2 Å². The molecule has 27 heavy (non-hydrogen) atoms. The zero-order chi connectivity index (χ0) is 19.1. The molecule has 0 unspecified atom stereocenters. The summed E-state index contributed by atoms with van der Waals surface area (Å²) in [5.74, 6) is 1.80. The first kappa shape index (κ1) is 17.7. The molecule has 0 saturated heterocycles. The fourth-order valence-corrected chi connectivity index (χ4v) is 4.22. The average Bonchev–Trinajstić information content (AvgIpc) is 3.02. The second kappa shape index (κ2) is 6.80. The Labute approximate surface area is 160 Å². The number of Topliss-reactive ketones (excluding diaryl/α,β-unsaturated/α-hetero) is 1. The van der Waals surface area contributed by atoms with Crippen LogP contribution in [0.2, 0.25) is 0 Å². The van der Waals surface area contributed by atoms with Gasteiger partial charge in [-0.15, -0.1) is 5.10 Å². The maximum Gasteiger partial charge on any atom is 0.269 e. The number of nitro groups is 1. The van der Waals surface area contributed by atoms with Gasteiger partial charge in [0.1, 0.15) is 6.04 Å². The number of non-ortho nitro benzene ring substituents is 1. The topological polar surface area (TPSA) is 103 Å². The predicted octanol–water partition coefficient (Wildman–Crippen LogP) is 3.57. The lowest BCUT2D eigenvalue weighted by Crippen LogP contribution is -2.33. The molecule has 9 heteroatoms. The zero-order valence-corrected chi connectivity index (χ0v) is 15.8. The molecule has 0 fully saturated rings. The lowest BCUT2D eigenvalue weighted by molar-refractivity contribution is -0.384. The van der Waals surface area contributed by atoms with Crippen LogP contribution in [0.5, 0.6) is 0 Å². The van der Waals surface area contributed by atoms with Crippen LogP contribution in [0.4, 0.5) is 11.6 Å². The largest absolute Gasteiger partial charge is 0.328 e. The van der Waals surface area contributed by atoms with Crippen molar-refractivity contribution in [3.8, 4) is 0 Å². The number of hydrogen-bond acceptors (Lipinski definition) is 7. The van der Waals surface area contributed by atoms with Crippen LogP contribution >= 0.6 is 11.8 Å². The molecule has 0 saturated carbocycles. The van der Waals surface area contributed by atoms with Crippen LogP contribution in [0.3, 0.4) is 0 Å². The summed E-state index contributed by atoms with van der Waals surface area (Å²) in [4.78, 5) is 28.0. The molecule has 1 aromatic carbocycles. The Morgan fingerprint density at radius 1 is 1.33 bits per heavy atom. The minimum atomic E-state index is -0.429. The summed E-state index contributed by atoms with van der Waals surface area (Å²) in [5.41, 5.74) is 2.38. The Hall–Kier alpha value is -2.68. The lowest BCUT2D eigenvalue weighted by atomic mass is 9.81. The van der Waals surface area contributed by atoms with E-state index in [0.717, 1.165) is 23.4 Å². The van der Waals surface area contributed by atoms with Crippen molar-refractivity contribution in [3.63, 3.8) is 0 Å². The highest BCUT2D eigenvalue weighted by Crippen LogP contribution is 2.42. The van der Waals surface area contributed by atoms with Crippen molar-refractivity contribution < 1.29 is 9.72 Å². The van der Waals surface area contributed by atoms with Crippen LogP contribution in [0.1, 0.15) is 38.3 Å². The summed E-state index contributed by atoms with van der Waals surface area (Å²) in [5, 5.41) is 19.5. The molecule has 1 aliphatic carbocycles. The molecule has 2 atom stereocenters. The van der Waals surface area contributed by atoms with Crippen LogP contribution in [-0.2, 0) is 4.79 Å². The van der Waals surface area contributed by atoms with Gasteiger partial charge in [0, 0.05) is 29.8 Å². The molecule has 4 rings (SSSR count). The standard InChI is InChI=1S/C18H19N5O3S/c1-3-27-18-20-17-19-13-8-10(2)9-14(24)15(13)16(22(17)21-18)11-4-6-12(7-5-11)23(25)26/h4-7,10,16H,3,8-9H2,1-2H3,(H,19,20,21)/t10-,16-/m1/s1. The number of nitrogens with one attached hydrogen (secondary N) is 1. The molecule has 2 aromatic rings. The number of thioether (sulfide) groups is 1. The molecule has 1 N–H and O–H groups in total. The zero-order valence-electron chi connectivity index (χ0n) is 15.0. The van der Waals surface area contributed by atoms with Gasteiger partial charge < -0.3 is 5.32 Å². The van der Waals surface area contributed by atoms with Crippen LogP contribution in [0, 0.1) is 16.0 Å². The van der Waals surface area contributed by atoms with Crippen molar-refractivity contribution in [2.75, 3.05) is 11.1 Å². The Kier molecular flexibility index (Phi) is 4.47. The number of carbonyl (C=O) groups excluding carboxylic acids is 1. The Balaban J connectivity index is 1.84. The highest BCUT2D eigenvalue weighted by Gasteiger charge is 2.38. The molecule has 1 aliphatic heterocycles. The van der Waals surface area contributed by atoms with E-state index in [4.69, 9.17) is 0 Å². The maximum absolute atomic E-state index is 12.9. The molecule has 0 spiro atoms. The third-order valence-corrected chi connectivity index (χ3v) is 5.52. The monoisotopic (exact) mass is 385 g/mol. The van der Waals surface area contributed by atoms with Gasteiger partial charge in [0.15, 0.2) is 5.78 Å². The van der Waals surface area contributed by atoms with E-state index < -0.39 is 11.0 Å². The van der Waals surface area contributed by atoms with E-state index in [0.29, 0.717) is 23.1 Å². The van der Waals surface area contributed by atoms with Crippen LogP contribution in [0.25, 0.3) is 0 Å². The molecular weight excluding hydrogens is 366 g/mol. The number of anilines is 1. The van der Waals surface area contributed by atoms with Crippen molar-refractivity contribution in [2.24, 2.45) is 5.92 Å². The number of ketones is 1. The summed E-state index contributed by atoms with van der Waals surface area (Å²) in [6.07, 6.45) is 1.26. The maximum atomic E-state index is 12.9. The number of allylic oxidation sites excluding steroid dienone is 2. The van der Waals surface area contributed by atoms with Crippen LogP contribution in [0.15, 0.2) is 40.7 Å². The number of hydrogen-bond donors (Lipinski definition) is 1. The number of benzene rings is 1. The Morgan fingerprint density at radius 3 is 2.74 bits per heavy atom. The highest BCUT2D eigenvalue weighted by atomic mass is 32.2. The van der Waals surface area contributed by atoms with E-state index >= 15 is 0 Å². The predicted molar refractivity (Wildman–Crippen MR) is 102 cm³/mol. The van der Waals surface area contributed by atoms with Crippen LogP contribution in [-0.4, -0.2) is 31.2 Å². The minimum absolute atomic E-state index is 0.0199. The Morgan fingerprint density at radius 2 is 2.07 bits per heavy atom. The van der Waals surface area contributed by atoms with Gasteiger partial charge in [-0.2, -0.15) is 4.98 Å². The summed E-state index contributed by atoms with van der Waals surface area (Å²) in [7, 11) is 0. The van der Waals surface area contributed by atoms with Crippen molar-refractivity contribution in [1.29, 1.82) is 0 Å². The van der Waals surface area contributed by atoms with Gasteiger partial charge in [0.2, 0.25) is 11.1 Å². The fourth-order valence-electron chi connectivity index (χ4n) is 3.66. The number of aromatic nitrogens is 3. The first-order valence-corrected chi connectivity index (χ1v) is 9.83. The second-order valence-corrected chi connectivity index (χ2v) is 8.03. The van der Waals surface area contributed by atoms with Gasteiger partial charge in [0.05, 0.1) is 4.92 Å². The van der Waals surface area contributed by atoms with Crippen LogP contribution < -0.4 is 5.32 Å². The summed E-state index contributed by atoms with van der Waals surface area (Å²) >= 11 is 1.53. The molecule has 1 aromatic heterocycles. The lowest BCUT2D eigenvalue weighted by Gasteiger charge is -2.34. The normalized spacial score (nSPS) is 21.5. The van der Waals surface area contributed by atoms with Gasteiger partial charge in [-0.3, -0.25) is 14.9 Å². The summed E-state index contributed by atoms with van der Waals surface area (Å²) in [6, 6.07) is 5.90. The quantitative estimate of drug-likeness (QED) is 0.487. The van der Waals surface area contributed by atoms with Crippen molar-refractivity contribution >= 4 is 29.2 Å². The smallest absolute Gasteiger partial charge is 0.269 e. The highest BCUT2D eigenvalue weighted by molar-refractivity contribution is 7.99. The average molecular weight is 385 g/mol. The summed E-state index contributed by atoms with van der Waals surface area (Å²) in [6.45, 7) is 4.09. The number of rotatable bonds is 4. The van der Waals surface area contributed by atoms with Gasteiger partial charge in [-0.05, 0) is 35.8 Å². The molecule has 140 valence electrons. The minimum Gasteiger partial charge on any atom is -0.328 e. The third kappa shape index (κ3) is 3.12. The van der Waals surface area contributed by atoms with E-state index in [2.05, 4.69) is 22.3 Å². The number of nitrogens with zero attached hydrogens (tertiary/aromatic N) is 4. The molecule has 0 radical (unpaired) electrons. The van der Waals surface area contributed by atoms with Gasteiger partial charge in [0.25, 0.3) is 5.69 Å². The van der Waals surface area contributed by atoms with E-state index in [1.165, 1.54) is 23.9 Å². The van der Waals surface area contributed by atoms with Gasteiger partial charge in [-0.25, -0.2) is 4.68 Å². The molecular formula is C18H19N5O3S. The van der Waals surface area contributed by atoms with E-state index in [-0.39, 0.29) is 17.4 Å². The first-order valence-electron chi connectivity index (χ1n) is 8.85. The van der Waals surface area contributed by atoms with E-state index in [1.807, 2.05) is 6.92 Å². The summed E-state index contributed by atoms with van der Waals surface area (Å²) < 4.78 is 1.73. The molecule has 0 bridgehead atoms. The van der Waals surface area contributed by atoms with Gasteiger partial charge >= 0.3 is 0 Å². The number of fused-ring (bicyclic) bond motifs is 1. The van der Waals surface area contributed by atoms with E-state index in [1.54, 1.807) is 16.8 Å². The molecule has 2 heterocycles. The fraction of sp³-hybridized carbons (Fsp3) is 0.389. The van der Waals surface area contributed by atoms with Crippen molar-refractivity contribution in [1.82, 2.24) is 14.8 Å².